The summed E-state index contributed by atoms with van der Waals surface area (Å²) in [6.45, 7) is 0.0152. The van der Waals surface area contributed by atoms with Crippen molar-refractivity contribution < 1.29 is 15.0 Å². The molecule has 1 amide bonds. The molecule has 0 spiro atoms. The number of carbonyl (C=O) groups excluding carboxylic acids is 1. The van der Waals surface area contributed by atoms with Crippen molar-refractivity contribution in [3.8, 4) is 5.75 Å². The molecule has 6 nitrogen and oxygen atoms in total. The van der Waals surface area contributed by atoms with E-state index in [0.717, 1.165) is 5.69 Å². The van der Waals surface area contributed by atoms with E-state index in [1.54, 1.807) is 24.7 Å². The van der Waals surface area contributed by atoms with Crippen LogP contribution in [0.2, 0.25) is 0 Å². The van der Waals surface area contributed by atoms with Crippen LogP contribution in [0.15, 0.2) is 30.7 Å². The highest BCUT2D eigenvalue weighted by molar-refractivity contribution is 5.97. The number of hydrogen-bond donors (Lipinski definition) is 4. The fourth-order valence-corrected chi connectivity index (χ4v) is 1.76. The molecule has 2 rings (SSSR count). The Bertz CT molecular complexity index is 552. The van der Waals surface area contributed by atoms with Gasteiger partial charge in [0.1, 0.15) is 5.75 Å². The molecular weight excluding hydrogens is 246 g/mol. The van der Waals surface area contributed by atoms with E-state index in [1.165, 1.54) is 6.07 Å². The van der Waals surface area contributed by atoms with Gasteiger partial charge in [0.15, 0.2) is 0 Å². The lowest BCUT2D eigenvalue weighted by Gasteiger charge is -2.09. The van der Waals surface area contributed by atoms with E-state index >= 15 is 0 Å². The summed E-state index contributed by atoms with van der Waals surface area (Å²) < 4.78 is 0. The van der Waals surface area contributed by atoms with Crippen LogP contribution < -0.4 is 5.32 Å². The summed E-state index contributed by atoms with van der Waals surface area (Å²) in [7, 11) is 0. The van der Waals surface area contributed by atoms with Crippen molar-refractivity contribution in [2.45, 2.75) is 6.42 Å². The van der Waals surface area contributed by atoms with Gasteiger partial charge in [0.05, 0.1) is 24.2 Å². The number of carbonyl (C=O) groups is 1. The first kappa shape index (κ1) is 13.1. The van der Waals surface area contributed by atoms with Crippen LogP contribution in [0.3, 0.4) is 0 Å². The number of aliphatic hydroxyl groups excluding tert-OH is 1. The van der Waals surface area contributed by atoms with Gasteiger partial charge in [-0.15, -0.1) is 0 Å². The first-order valence-electron chi connectivity index (χ1n) is 5.90. The zero-order chi connectivity index (χ0) is 13.7. The maximum atomic E-state index is 11.8. The van der Waals surface area contributed by atoms with E-state index in [4.69, 9.17) is 5.11 Å². The standard InChI is InChI=1S/C13H15N3O3/c17-5-4-15-13(19)11-3-1-2-9(12(11)18)6-10-7-14-8-16-10/h1-3,7-8,17-18H,4-6H2,(H,14,16)(H,15,19). The Morgan fingerprint density at radius 2 is 2.26 bits per heavy atom. The molecule has 0 radical (unpaired) electrons. The van der Waals surface area contributed by atoms with Crippen molar-refractivity contribution >= 4 is 5.91 Å². The van der Waals surface area contributed by atoms with Gasteiger partial charge in [0, 0.05) is 24.7 Å². The van der Waals surface area contributed by atoms with Crippen molar-refractivity contribution in [1.29, 1.82) is 0 Å². The average molecular weight is 261 g/mol. The first-order chi connectivity index (χ1) is 9.22. The molecule has 0 fully saturated rings. The molecule has 0 aliphatic carbocycles. The van der Waals surface area contributed by atoms with Crippen LogP contribution in [0.5, 0.6) is 5.75 Å². The number of H-pyrrole nitrogens is 1. The minimum absolute atomic E-state index is 0.0547. The minimum Gasteiger partial charge on any atom is -0.507 e. The topological polar surface area (TPSA) is 98.2 Å². The number of imidazole rings is 1. The van der Waals surface area contributed by atoms with Crippen LogP contribution in [-0.4, -0.2) is 39.2 Å². The van der Waals surface area contributed by atoms with E-state index in [0.29, 0.717) is 12.0 Å². The van der Waals surface area contributed by atoms with Gasteiger partial charge < -0.3 is 20.5 Å². The molecule has 2 aromatic rings. The molecule has 0 aliphatic rings. The number of amides is 1. The fourth-order valence-electron chi connectivity index (χ4n) is 1.76. The Labute approximate surface area is 110 Å². The van der Waals surface area contributed by atoms with Crippen molar-refractivity contribution in [3.05, 3.63) is 47.5 Å². The average Bonchev–Trinajstić information content (AvgIpc) is 2.91. The van der Waals surface area contributed by atoms with Crippen LogP contribution in [0.1, 0.15) is 21.6 Å². The Hall–Kier alpha value is -2.34. The SMILES string of the molecule is O=C(NCCO)c1cccc(Cc2c[nH]cn2)c1O. The van der Waals surface area contributed by atoms with Crippen LogP contribution in [0.25, 0.3) is 0 Å². The fraction of sp³-hybridized carbons (Fsp3) is 0.231. The summed E-state index contributed by atoms with van der Waals surface area (Å²) in [5, 5.41) is 21.3. The predicted octanol–water partition coefficient (Wildman–Crippen LogP) is 0.428. The number of benzene rings is 1. The number of phenols is 1. The lowest BCUT2D eigenvalue weighted by Crippen LogP contribution is -2.26. The number of rotatable bonds is 5. The third-order valence-corrected chi connectivity index (χ3v) is 2.69. The number of aliphatic hydroxyl groups is 1. The second-order valence-corrected chi connectivity index (χ2v) is 4.03. The number of nitrogens with zero attached hydrogens (tertiary/aromatic N) is 1. The molecule has 6 heteroatoms. The van der Waals surface area contributed by atoms with Crippen molar-refractivity contribution in [1.82, 2.24) is 15.3 Å². The molecule has 0 unspecified atom stereocenters. The zero-order valence-electron chi connectivity index (χ0n) is 10.3. The number of para-hydroxylation sites is 1. The summed E-state index contributed by atoms with van der Waals surface area (Å²) in [6, 6.07) is 4.98. The highest BCUT2D eigenvalue weighted by Crippen LogP contribution is 2.24. The Morgan fingerprint density at radius 1 is 1.42 bits per heavy atom. The number of nitrogens with one attached hydrogen (secondary N) is 2. The van der Waals surface area contributed by atoms with Gasteiger partial charge in [-0.1, -0.05) is 12.1 Å². The van der Waals surface area contributed by atoms with Crippen LogP contribution in [0.4, 0.5) is 0 Å². The first-order valence-corrected chi connectivity index (χ1v) is 5.90. The minimum atomic E-state index is -0.407. The maximum Gasteiger partial charge on any atom is 0.255 e. The molecule has 0 saturated carbocycles. The second kappa shape index (κ2) is 6.01. The Morgan fingerprint density at radius 3 is 2.95 bits per heavy atom. The third kappa shape index (κ3) is 3.11. The molecule has 0 aliphatic heterocycles. The summed E-state index contributed by atoms with van der Waals surface area (Å²) in [5.41, 5.74) is 1.61. The smallest absolute Gasteiger partial charge is 0.255 e. The largest absolute Gasteiger partial charge is 0.507 e. The van der Waals surface area contributed by atoms with Crippen molar-refractivity contribution in [2.24, 2.45) is 0 Å². The summed E-state index contributed by atoms with van der Waals surface area (Å²) in [5.74, 6) is -0.462. The highest BCUT2D eigenvalue weighted by atomic mass is 16.3. The summed E-state index contributed by atoms with van der Waals surface area (Å²) in [6.07, 6.45) is 3.73. The molecule has 1 heterocycles. The normalized spacial score (nSPS) is 10.4. The van der Waals surface area contributed by atoms with E-state index in [-0.39, 0.29) is 24.5 Å². The quantitative estimate of drug-likeness (QED) is 0.627. The van der Waals surface area contributed by atoms with Gasteiger partial charge in [-0.25, -0.2) is 4.98 Å². The molecule has 0 bridgehead atoms. The maximum absolute atomic E-state index is 11.8. The molecule has 1 aromatic carbocycles. The Kier molecular flexibility index (Phi) is 4.15. The number of aromatic nitrogens is 2. The monoisotopic (exact) mass is 261 g/mol. The molecule has 100 valence electrons. The van der Waals surface area contributed by atoms with Gasteiger partial charge in [0.25, 0.3) is 5.91 Å². The van der Waals surface area contributed by atoms with E-state index in [1.807, 2.05) is 0 Å². The van der Waals surface area contributed by atoms with Gasteiger partial charge in [-0.3, -0.25) is 4.79 Å². The van der Waals surface area contributed by atoms with E-state index in [2.05, 4.69) is 15.3 Å². The van der Waals surface area contributed by atoms with Gasteiger partial charge in [-0.05, 0) is 6.07 Å². The van der Waals surface area contributed by atoms with E-state index < -0.39 is 5.91 Å². The highest BCUT2D eigenvalue weighted by Gasteiger charge is 2.14. The molecule has 1 aromatic heterocycles. The second-order valence-electron chi connectivity index (χ2n) is 4.03. The van der Waals surface area contributed by atoms with Gasteiger partial charge in [-0.2, -0.15) is 0 Å². The number of hydrogen-bond acceptors (Lipinski definition) is 4. The Balaban J connectivity index is 2.20. The lowest BCUT2D eigenvalue weighted by molar-refractivity contribution is 0.0942. The molecule has 4 N–H and O–H groups in total. The van der Waals surface area contributed by atoms with E-state index in [9.17, 15) is 9.90 Å². The van der Waals surface area contributed by atoms with Crippen molar-refractivity contribution in [3.63, 3.8) is 0 Å². The molecule has 19 heavy (non-hydrogen) atoms. The predicted molar refractivity (Wildman–Crippen MR) is 68.9 cm³/mol. The van der Waals surface area contributed by atoms with Crippen LogP contribution in [0, 0.1) is 0 Å². The lowest BCUT2D eigenvalue weighted by atomic mass is 10.0. The third-order valence-electron chi connectivity index (χ3n) is 2.69. The number of aromatic amines is 1. The molecular formula is C13H15N3O3. The number of phenolic OH excluding ortho intramolecular Hbond substituents is 1. The van der Waals surface area contributed by atoms with Gasteiger partial charge in [0.2, 0.25) is 0 Å². The summed E-state index contributed by atoms with van der Waals surface area (Å²) >= 11 is 0. The van der Waals surface area contributed by atoms with Crippen LogP contribution in [-0.2, 0) is 6.42 Å². The van der Waals surface area contributed by atoms with Gasteiger partial charge >= 0.3 is 0 Å². The summed E-state index contributed by atoms with van der Waals surface area (Å²) in [4.78, 5) is 18.7. The molecule has 0 atom stereocenters. The van der Waals surface area contributed by atoms with Crippen molar-refractivity contribution in [2.75, 3.05) is 13.2 Å². The molecule has 0 saturated heterocycles. The zero-order valence-corrected chi connectivity index (χ0v) is 10.3. The number of aromatic hydroxyl groups is 1. The van der Waals surface area contributed by atoms with Crippen LogP contribution >= 0.6 is 0 Å².